The van der Waals surface area contributed by atoms with Gasteiger partial charge in [-0.3, -0.25) is 0 Å². The van der Waals surface area contributed by atoms with Gasteiger partial charge in [0.1, 0.15) is 17.1 Å². The number of fused-ring (bicyclic) bond motifs is 1. The molecule has 42 heavy (non-hydrogen) atoms. The van der Waals surface area contributed by atoms with E-state index in [4.69, 9.17) is 4.74 Å². The molecular weight excluding hydrogens is 568 g/mol. The second-order valence-electron chi connectivity index (χ2n) is 10.1. The number of hydrogen-bond donors (Lipinski definition) is 2. The van der Waals surface area contributed by atoms with Crippen molar-refractivity contribution in [1.29, 1.82) is 0 Å². The summed E-state index contributed by atoms with van der Waals surface area (Å²) in [5.74, 6) is -1.66. The molecule has 222 valence electrons. The summed E-state index contributed by atoms with van der Waals surface area (Å²) in [5.41, 5.74) is -1.50. The molecule has 1 aliphatic carbocycles. The number of benzene rings is 2. The van der Waals surface area contributed by atoms with Crippen LogP contribution in [-0.4, -0.2) is 43.7 Å². The van der Waals surface area contributed by atoms with Gasteiger partial charge in [-0.1, -0.05) is 18.6 Å². The van der Waals surface area contributed by atoms with Crippen molar-refractivity contribution in [2.45, 2.75) is 51.1 Å². The maximum absolute atomic E-state index is 13.7. The summed E-state index contributed by atoms with van der Waals surface area (Å²) in [6.07, 6.45) is -6.32. The first-order valence-electron chi connectivity index (χ1n) is 13.0. The summed E-state index contributed by atoms with van der Waals surface area (Å²) in [6, 6.07) is 6.98. The van der Waals surface area contributed by atoms with E-state index < -0.39 is 35.3 Å². The zero-order chi connectivity index (χ0) is 30.4. The Morgan fingerprint density at radius 2 is 1.67 bits per heavy atom. The van der Waals surface area contributed by atoms with Crippen molar-refractivity contribution in [1.82, 2.24) is 19.5 Å². The fourth-order valence-electron chi connectivity index (χ4n) is 4.91. The van der Waals surface area contributed by atoms with E-state index in [1.807, 2.05) is 6.92 Å². The van der Waals surface area contributed by atoms with E-state index in [0.29, 0.717) is 5.56 Å². The Balaban J connectivity index is 1.75. The maximum atomic E-state index is 13.7. The molecule has 1 atom stereocenters. The quantitative estimate of drug-likeness (QED) is 0.215. The third-order valence-electron chi connectivity index (χ3n) is 7.41. The molecule has 2 N–H and O–H groups in total. The van der Waals surface area contributed by atoms with Crippen molar-refractivity contribution in [3.05, 3.63) is 65.0 Å². The first-order valence-corrected chi connectivity index (χ1v) is 13.0. The fourth-order valence-corrected chi connectivity index (χ4v) is 4.91. The summed E-state index contributed by atoms with van der Waals surface area (Å²) in [5, 5.41) is 12.9. The summed E-state index contributed by atoms with van der Waals surface area (Å²) in [6.45, 7) is 1.76. The average molecular weight is 594 g/mol. The second kappa shape index (κ2) is 10.8. The second-order valence-corrected chi connectivity index (χ2v) is 10.1. The van der Waals surface area contributed by atoms with Crippen molar-refractivity contribution in [2.75, 3.05) is 12.4 Å². The lowest BCUT2D eigenvalue weighted by Crippen LogP contribution is -2.31. The lowest BCUT2D eigenvalue weighted by atomic mass is 9.80. The lowest BCUT2D eigenvalue weighted by molar-refractivity contribution is -0.138. The molecule has 2 aromatic heterocycles. The van der Waals surface area contributed by atoms with E-state index in [0.717, 1.165) is 49.6 Å². The standard InChI is InChI=1S/C28H25F6N5O3/c1-14(16-4-3-5-16)35-22-21-23(37-24(36-22)26(40)41)38-25(19-12-18(28(32,33)34)10-11-20(19)42-2)39(21)13-15-6-8-17(9-7-15)27(29,30)31/h6-12,14,16H,3-5,13H2,1-2H3,(H,40,41)(H,35,36,37)/t14-/m1/s1. The van der Waals surface area contributed by atoms with Gasteiger partial charge in [0.05, 0.1) is 23.8 Å². The molecule has 1 aliphatic rings. The van der Waals surface area contributed by atoms with Crippen LogP contribution in [0.25, 0.3) is 22.6 Å². The number of nitrogens with zero attached hydrogens (tertiary/aromatic N) is 4. The smallest absolute Gasteiger partial charge is 0.416 e. The van der Waals surface area contributed by atoms with Gasteiger partial charge >= 0.3 is 18.3 Å². The van der Waals surface area contributed by atoms with Crippen LogP contribution in [-0.2, 0) is 18.9 Å². The Kier molecular flexibility index (Phi) is 7.50. The van der Waals surface area contributed by atoms with Gasteiger partial charge in [-0.05, 0) is 61.6 Å². The van der Waals surface area contributed by atoms with Crippen molar-refractivity contribution >= 4 is 23.0 Å². The SMILES string of the molecule is COc1ccc(C(F)(F)F)cc1-c1nc2nc(C(=O)O)nc(N[C@H](C)C3CCC3)c2n1Cc1ccc(C(F)(F)F)cc1. The van der Waals surface area contributed by atoms with Crippen LogP contribution in [0.4, 0.5) is 32.2 Å². The minimum atomic E-state index is -4.70. The van der Waals surface area contributed by atoms with Crippen LogP contribution in [0.1, 0.15) is 53.5 Å². The van der Waals surface area contributed by atoms with E-state index in [1.165, 1.54) is 23.8 Å². The zero-order valence-electron chi connectivity index (χ0n) is 22.3. The van der Waals surface area contributed by atoms with Gasteiger partial charge in [-0.15, -0.1) is 0 Å². The maximum Gasteiger partial charge on any atom is 0.416 e. The van der Waals surface area contributed by atoms with E-state index >= 15 is 0 Å². The summed E-state index contributed by atoms with van der Waals surface area (Å²) >= 11 is 0. The van der Waals surface area contributed by atoms with Gasteiger partial charge in [0.15, 0.2) is 11.5 Å². The van der Waals surface area contributed by atoms with Gasteiger partial charge in [0.25, 0.3) is 0 Å². The summed E-state index contributed by atoms with van der Waals surface area (Å²) < 4.78 is 87.5. The van der Waals surface area contributed by atoms with Crippen LogP contribution in [0.15, 0.2) is 42.5 Å². The number of rotatable bonds is 8. The topological polar surface area (TPSA) is 102 Å². The molecule has 2 aromatic carbocycles. The number of imidazole rings is 1. The predicted molar refractivity (Wildman–Crippen MR) is 140 cm³/mol. The number of aromatic carboxylic acids is 1. The number of carboxylic acid groups (broad SMARTS) is 1. The highest BCUT2D eigenvalue weighted by molar-refractivity contribution is 5.92. The molecule has 0 saturated heterocycles. The number of carbonyl (C=O) groups is 1. The normalized spacial score (nSPS) is 15.0. The van der Waals surface area contributed by atoms with Crippen LogP contribution in [0.5, 0.6) is 5.75 Å². The molecule has 8 nitrogen and oxygen atoms in total. The Bertz CT molecular complexity index is 1630. The molecule has 14 heteroatoms. The van der Waals surface area contributed by atoms with Crippen LogP contribution >= 0.6 is 0 Å². The number of aromatic nitrogens is 4. The lowest BCUT2D eigenvalue weighted by Gasteiger charge is -2.32. The van der Waals surface area contributed by atoms with Gasteiger partial charge in [-0.2, -0.15) is 26.3 Å². The number of alkyl halides is 6. The highest BCUT2D eigenvalue weighted by atomic mass is 19.4. The first-order chi connectivity index (χ1) is 19.8. The fraction of sp³-hybridized carbons (Fsp3) is 0.357. The molecule has 0 radical (unpaired) electrons. The highest BCUT2D eigenvalue weighted by Gasteiger charge is 2.33. The molecule has 0 bridgehead atoms. The van der Waals surface area contributed by atoms with Crippen molar-refractivity contribution in [2.24, 2.45) is 5.92 Å². The predicted octanol–water partition coefficient (Wildman–Crippen LogP) is 6.89. The minimum Gasteiger partial charge on any atom is -0.496 e. The minimum absolute atomic E-state index is 0.0377. The number of anilines is 1. The third kappa shape index (κ3) is 5.70. The van der Waals surface area contributed by atoms with Gasteiger partial charge in [-0.25, -0.2) is 19.7 Å². The largest absolute Gasteiger partial charge is 0.496 e. The average Bonchev–Trinajstić information content (AvgIpc) is 3.24. The number of hydrogen-bond acceptors (Lipinski definition) is 6. The van der Waals surface area contributed by atoms with Crippen LogP contribution in [0.3, 0.4) is 0 Å². The molecule has 5 rings (SSSR count). The van der Waals surface area contributed by atoms with E-state index in [2.05, 4.69) is 20.3 Å². The van der Waals surface area contributed by atoms with Gasteiger partial charge in [0.2, 0.25) is 5.82 Å². The van der Waals surface area contributed by atoms with Gasteiger partial charge in [0, 0.05) is 12.6 Å². The Hall–Kier alpha value is -4.36. The number of methoxy groups -OCH3 is 1. The number of ether oxygens (including phenoxy) is 1. The molecular formula is C28H25F6N5O3. The van der Waals surface area contributed by atoms with Crippen molar-refractivity contribution < 1.29 is 41.0 Å². The van der Waals surface area contributed by atoms with E-state index in [1.54, 1.807) is 0 Å². The highest BCUT2D eigenvalue weighted by Crippen LogP contribution is 2.40. The van der Waals surface area contributed by atoms with E-state index in [-0.39, 0.29) is 52.6 Å². The molecule has 4 aromatic rings. The van der Waals surface area contributed by atoms with Crippen LogP contribution in [0.2, 0.25) is 0 Å². The van der Waals surface area contributed by atoms with Crippen LogP contribution in [0, 0.1) is 5.92 Å². The monoisotopic (exact) mass is 593 g/mol. The number of nitrogens with one attached hydrogen (secondary N) is 1. The van der Waals surface area contributed by atoms with Gasteiger partial charge < -0.3 is 19.7 Å². The third-order valence-corrected chi connectivity index (χ3v) is 7.41. The van der Waals surface area contributed by atoms with Crippen LogP contribution < -0.4 is 10.1 Å². The molecule has 0 amide bonds. The van der Waals surface area contributed by atoms with E-state index in [9.17, 15) is 36.2 Å². The molecule has 1 fully saturated rings. The Labute approximate surface area is 235 Å². The molecule has 0 spiro atoms. The van der Waals surface area contributed by atoms with Crippen molar-refractivity contribution in [3.8, 4) is 17.1 Å². The Morgan fingerprint density at radius 3 is 2.21 bits per heavy atom. The molecule has 2 heterocycles. The van der Waals surface area contributed by atoms with Crippen molar-refractivity contribution in [3.63, 3.8) is 0 Å². The Morgan fingerprint density at radius 1 is 1.02 bits per heavy atom. The molecule has 0 unspecified atom stereocenters. The first kappa shape index (κ1) is 29.1. The molecule has 0 aliphatic heterocycles. The molecule has 1 saturated carbocycles. The number of carboxylic acids is 1. The summed E-state index contributed by atoms with van der Waals surface area (Å²) in [4.78, 5) is 24.6. The number of halogens is 6. The summed E-state index contributed by atoms with van der Waals surface area (Å²) in [7, 11) is 1.27. The zero-order valence-corrected chi connectivity index (χ0v) is 22.3.